The fourth-order valence-electron chi connectivity index (χ4n) is 3.26. The third kappa shape index (κ3) is 5.28. The first-order valence-electron chi connectivity index (χ1n) is 10.8. The largest absolute Gasteiger partial charge is 0.543 e. The molecular formula is C24H36O7Si. The number of hydrogen-bond acceptors (Lipinski definition) is 7. The maximum absolute atomic E-state index is 12.7. The van der Waals surface area contributed by atoms with Crippen LogP contribution >= 0.6 is 0 Å². The second-order valence-corrected chi connectivity index (χ2v) is 14.2. The minimum Gasteiger partial charge on any atom is -0.543 e. The van der Waals surface area contributed by atoms with E-state index in [0.717, 1.165) is 11.1 Å². The Hall–Kier alpha value is -2.48. The summed E-state index contributed by atoms with van der Waals surface area (Å²) in [5.41, 5.74) is 2.84. The Bertz CT molecular complexity index is 910. The summed E-state index contributed by atoms with van der Waals surface area (Å²) >= 11 is 0. The Morgan fingerprint density at radius 3 is 2.22 bits per heavy atom. The lowest BCUT2D eigenvalue weighted by molar-refractivity contribution is -0.140. The molecule has 7 nitrogen and oxygen atoms in total. The van der Waals surface area contributed by atoms with Gasteiger partial charge in [-0.15, -0.1) is 0 Å². The second-order valence-electron chi connectivity index (χ2n) is 9.50. The van der Waals surface area contributed by atoms with Gasteiger partial charge in [-0.05, 0) is 37.9 Å². The first kappa shape index (κ1) is 25.8. The van der Waals surface area contributed by atoms with Gasteiger partial charge in [0, 0.05) is 12.0 Å². The predicted molar refractivity (Wildman–Crippen MR) is 125 cm³/mol. The molecule has 0 fully saturated rings. The van der Waals surface area contributed by atoms with Crippen molar-refractivity contribution in [2.45, 2.75) is 71.7 Å². The number of rotatable bonds is 9. The first-order chi connectivity index (χ1) is 14.9. The summed E-state index contributed by atoms with van der Waals surface area (Å²) < 4.78 is 28.2. The van der Waals surface area contributed by atoms with Crippen LogP contribution in [-0.2, 0) is 27.3 Å². The number of carbonyl (C=O) groups is 2. The Kier molecular flexibility index (Phi) is 8.04. The summed E-state index contributed by atoms with van der Waals surface area (Å²) in [6, 6.07) is 0. The normalized spacial score (nSPS) is 14.0. The van der Waals surface area contributed by atoms with Crippen molar-refractivity contribution in [1.82, 2.24) is 0 Å². The van der Waals surface area contributed by atoms with Crippen LogP contribution in [0.15, 0.2) is 11.6 Å². The van der Waals surface area contributed by atoms with Crippen molar-refractivity contribution >= 4 is 20.3 Å². The van der Waals surface area contributed by atoms with Gasteiger partial charge < -0.3 is 23.4 Å². The van der Waals surface area contributed by atoms with E-state index in [9.17, 15) is 9.59 Å². The average Bonchev–Trinajstić information content (AvgIpc) is 3.10. The molecule has 1 aromatic rings. The maximum Gasteiger partial charge on any atom is 0.342 e. The standard InChI is InChI=1S/C24H36O7Si/c1-15(11-13-18(25)27-5)10-12-16-20(31-32(8,9)24(2,3)4)19-17(14-30-23(19)26)22(29-7)21(16)28-6/h10H,11-14H2,1-9H3/b15-10+. The molecule has 1 aliphatic rings. The lowest BCUT2D eigenvalue weighted by atomic mass is 9.98. The number of fused-ring (bicyclic) bond motifs is 1. The fraction of sp³-hybridized carbons (Fsp3) is 0.583. The quantitative estimate of drug-likeness (QED) is 0.282. The van der Waals surface area contributed by atoms with Gasteiger partial charge in [-0.1, -0.05) is 32.4 Å². The molecule has 0 aromatic heterocycles. The number of hydrogen-bond donors (Lipinski definition) is 0. The molecule has 0 saturated carbocycles. The first-order valence-corrected chi connectivity index (χ1v) is 13.7. The molecule has 1 aliphatic heterocycles. The summed E-state index contributed by atoms with van der Waals surface area (Å²) in [6.45, 7) is 12.8. The highest BCUT2D eigenvalue weighted by Crippen LogP contribution is 2.49. The lowest BCUT2D eigenvalue weighted by Crippen LogP contribution is -2.44. The summed E-state index contributed by atoms with van der Waals surface area (Å²) in [4.78, 5) is 24.2. The molecule has 0 unspecified atom stereocenters. The number of methoxy groups -OCH3 is 3. The van der Waals surface area contributed by atoms with Crippen molar-refractivity contribution in [3.63, 3.8) is 0 Å². The van der Waals surface area contributed by atoms with Gasteiger partial charge in [0.1, 0.15) is 17.9 Å². The second kappa shape index (κ2) is 9.98. The molecule has 0 saturated heterocycles. The number of allylic oxidation sites excluding steroid dienone is 2. The topological polar surface area (TPSA) is 80.3 Å². The van der Waals surface area contributed by atoms with Gasteiger partial charge in [0.05, 0.1) is 26.9 Å². The summed E-state index contributed by atoms with van der Waals surface area (Å²) in [5, 5.41) is -0.0703. The van der Waals surface area contributed by atoms with Crippen molar-refractivity contribution in [2.75, 3.05) is 21.3 Å². The molecule has 1 aromatic carbocycles. The summed E-state index contributed by atoms with van der Waals surface area (Å²) in [5.74, 6) is 0.882. The molecule has 0 N–H and O–H groups in total. The Morgan fingerprint density at radius 2 is 1.69 bits per heavy atom. The smallest absolute Gasteiger partial charge is 0.342 e. The maximum atomic E-state index is 12.7. The molecular weight excluding hydrogens is 428 g/mol. The predicted octanol–water partition coefficient (Wildman–Crippen LogP) is 5.20. The minimum absolute atomic E-state index is 0.0703. The van der Waals surface area contributed by atoms with E-state index in [1.165, 1.54) is 7.11 Å². The SMILES string of the molecule is COC(=O)CC/C(C)=C/Cc1c(OC)c(OC)c2c(c1O[Si](C)(C)C(C)(C)C)C(=O)OC2. The van der Waals surface area contributed by atoms with E-state index >= 15 is 0 Å². The molecule has 1 heterocycles. The van der Waals surface area contributed by atoms with Gasteiger partial charge in [0.15, 0.2) is 11.5 Å². The summed E-state index contributed by atoms with van der Waals surface area (Å²) in [6.07, 6.45) is 3.36. The van der Waals surface area contributed by atoms with Crippen LogP contribution in [0.5, 0.6) is 17.2 Å². The van der Waals surface area contributed by atoms with Crippen LogP contribution in [0.2, 0.25) is 18.1 Å². The average molecular weight is 465 g/mol. The third-order valence-electron chi connectivity index (χ3n) is 6.29. The molecule has 2 rings (SSSR count). The van der Waals surface area contributed by atoms with Crippen molar-refractivity contribution in [3.8, 4) is 17.2 Å². The highest BCUT2D eigenvalue weighted by molar-refractivity contribution is 6.74. The van der Waals surface area contributed by atoms with E-state index in [0.29, 0.717) is 47.6 Å². The van der Waals surface area contributed by atoms with E-state index in [1.54, 1.807) is 14.2 Å². The van der Waals surface area contributed by atoms with Crippen LogP contribution < -0.4 is 13.9 Å². The molecule has 0 aliphatic carbocycles. The van der Waals surface area contributed by atoms with Crippen molar-refractivity contribution in [3.05, 3.63) is 28.3 Å². The molecule has 8 heteroatoms. The van der Waals surface area contributed by atoms with Crippen molar-refractivity contribution in [2.24, 2.45) is 0 Å². The zero-order valence-electron chi connectivity index (χ0n) is 20.8. The molecule has 0 radical (unpaired) electrons. The van der Waals surface area contributed by atoms with Crippen LogP contribution in [0, 0.1) is 0 Å². The van der Waals surface area contributed by atoms with E-state index in [-0.39, 0.29) is 17.6 Å². The van der Waals surface area contributed by atoms with Crippen molar-refractivity contribution < 1.29 is 33.0 Å². The highest BCUT2D eigenvalue weighted by atomic mass is 28.4. The number of esters is 2. The van der Waals surface area contributed by atoms with E-state index in [2.05, 4.69) is 33.9 Å². The van der Waals surface area contributed by atoms with Gasteiger partial charge in [-0.2, -0.15) is 0 Å². The Balaban J connectivity index is 2.63. The molecule has 32 heavy (non-hydrogen) atoms. The molecule has 0 bridgehead atoms. The lowest BCUT2D eigenvalue weighted by Gasteiger charge is -2.37. The molecule has 0 spiro atoms. The van der Waals surface area contributed by atoms with Gasteiger partial charge in [0.25, 0.3) is 8.32 Å². The minimum atomic E-state index is -2.29. The van der Waals surface area contributed by atoms with E-state index in [4.69, 9.17) is 23.4 Å². The number of ether oxygens (including phenoxy) is 4. The van der Waals surface area contributed by atoms with Gasteiger partial charge in [-0.25, -0.2) is 4.79 Å². The van der Waals surface area contributed by atoms with E-state index in [1.807, 2.05) is 13.0 Å². The monoisotopic (exact) mass is 464 g/mol. The third-order valence-corrected chi connectivity index (χ3v) is 10.6. The zero-order chi connectivity index (χ0) is 24.3. The van der Waals surface area contributed by atoms with Crippen molar-refractivity contribution in [1.29, 1.82) is 0 Å². The Morgan fingerprint density at radius 1 is 1.06 bits per heavy atom. The molecule has 0 amide bonds. The van der Waals surface area contributed by atoms with Crippen LogP contribution in [0.4, 0.5) is 0 Å². The van der Waals surface area contributed by atoms with Gasteiger partial charge in [-0.3, -0.25) is 4.79 Å². The number of cyclic esters (lactones) is 1. The molecule has 0 atom stereocenters. The van der Waals surface area contributed by atoms with Crippen LogP contribution in [0.25, 0.3) is 0 Å². The molecule has 178 valence electrons. The zero-order valence-corrected chi connectivity index (χ0v) is 21.8. The fourth-order valence-corrected chi connectivity index (χ4v) is 4.30. The Labute approximate surface area is 192 Å². The van der Waals surface area contributed by atoms with Gasteiger partial charge >= 0.3 is 11.9 Å². The van der Waals surface area contributed by atoms with Gasteiger partial charge in [0.2, 0.25) is 0 Å². The number of carbonyl (C=O) groups excluding carboxylic acids is 2. The number of benzene rings is 1. The van der Waals surface area contributed by atoms with Crippen LogP contribution in [0.3, 0.4) is 0 Å². The van der Waals surface area contributed by atoms with Crippen LogP contribution in [-0.4, -0.2) is 41.6 Å². The highest BCUT2D eigenvalue weighted by Gasteiger charge is 2.43. The summed E-state index contributed by atoms with van der Waals surface area (Å²) in [7, 11) is 2.22. The van der Waals surface area contributed by atoms with Crippen LogP contribution in [0.1, 0.15) is 62.0 Å². The van der Waals surface area contributed by atoms with E-state index < -0.39 is 14.3 Å².